The highest BCUT2D eigenvalue weighted by molar-refractivity contribution is 7.52. The van der Waals surface area contributed by atoms with Crippen molar-refractivity contribution in [2.45, 2.75) is 26.1 Å². The molecule has 8 heteroatoms. The summed E-state index contributed by atoms with van der Waals surface area (Å²) in [7, 11) is -4.26. The highest BCUT2D eigenvalue weighted by atomic mass is 31.2. The molecule has 0 spiro atoms. The highest BCUT2D eigenvalue weighted by Gasteiger charge is 2.37. The summed E-state index contributed by atoms with van der Waals surface area (Å²) >= 11 is 0. The first kappa shape index (κ1) is 21.8. The normalized spacial score (nSPS) is 16.7. The van der Waals surface area contributed by atoms with E-state index in [2.05, 4.69) is 6.92 Å². The van der Waals surface area contributed by atoms with Crippen LogP contribution in [0.1, 0.15) is 20.3 Å². The fourth-order valence-corrected chi connectivity index (χ4v) is 3.06. The van der Waals surface area contributed by atoms with Crippen LogP contribution < -0.4 is 9.47 Å². The molecule has 1 fully saturated rings. The quantitative estimate of drug-likeness (QED) is 0.441. The van der Waals surface area contributed by atoms with Gasteiger partial charge in [-0.15, -0.1) is 0 Å². The van der Waals surface area contributed by atoms with E-state index in [1.54, 1.807) is 12.1 Å². The van der Waals surface area contributed by atoms with Crippen LogP contribution in [0.15, 0.2) is 48.5 Å². The summed E-state index contributed by atoms with van der Waals surface area (Å²) in [6.45, 7) is 5.42. The average molecular weight is 422 g/mol. The summed E-state index contributed by atoms with van der Waals surface area (Å²) in [5.74, 6) is 0.190. The highest BCUT2D eigenvalue weighted by Crippen LogP contribution is 2.41. The Morgan fingerprint density at radius 1 is 1.00 bits per heavy atom. The second-order valence-electron chi connectivity index (χ2n) is 7.30. The lowest BCUT2D eigenvalue weighted by atomic mass is 9.84. The summed E-state index contributed by atoms with van der Waals surface area (Å²) in [6.07, 6.45) is 1.04. The van der Waals surface area contributed by atoms with Crippen LogP contribution in [0.4, 0.5) is 0 Å². The van der Waals surface area contributed by atoms with Crippen molar-refractivity contribution in [3.05, 3.63) is 48.5 Å². The van der Waals surface area contributed by atoms with Crippen LogP contribution in [0.5, 0.6) is 11.5 Å². The predicted octanol–water partition coefficient (Wildman–Crippen LogP) is 4.04. The predicted molar refractivity (Wildman–Crippen MR) is 109 cm³/mol. The molecule has 0 aromatic heterocycles. The molecule has 0 radical (unpaired) electrons. The van der Waals surface area contributed by atoms with E-state index in [4.69, 9.17) is 28.7 Å². The monoisotopic (exact) mass is 422 g/mol. The van der Waals surface area contributed by atoms with E-state index in [1.165, 1.54) is 6.92 Å². The zero-order valence-electron chi connectivity index (χ0n) is 16.6. The van der Waals surface area contributed by atoms with Crippen molar-refractivity contribution in [1.29, 1.82) is 0 Å². The standard InChI is InChI=1S/C21H27O7P/c1-3-21(12-25-13-21)14-26-19-8-4-17(5-9-19)18-6-10-20(11-7-18)28-15-27-16(2)29(22,23)24/h4-11,16H,3,12-15H2,1-2H3,(H2,22,23,24). The largest absolute Gasteiger partial charge is 0.493 e. The Hall–Kier alpha value is -1.89. The molecule has 1 saturated heterocycles. The van der Waals surface area contributed by atoms with Gasteiger partial charge in [0.15, 0.2) is 12.6 Å². The van der Waals surface area contributed by atoms with Crippen LogP contribution in [0.3, 0.4) is 0 Å². The Morgan fingerprint density at radius 2 is 1.52 bits per heavy atom. The molecular formula is C21H27O7P. The topological polar surface area (TPSA) is 94.5 Å². The van der Waals surface area contributed by atoms with Crippen molar-refractivity contribution in [3.63, 3.8) is 0 Å². The van der Waals surface area contributed by atoms with E-state index < -0.39 is 13.4 Å². The van der Waals surface area contributed by atoms with Crippen molar-refractivity contribution in [2.24, 2.45) is 5.41 Å². The fourth-order valence-electron chi connectivity index (χ4n) is 2.80. The molecule has 1 aliphatic rings. The number of rotatable bonds is 10. The van der Waals surface area contributed by atoms with E-state index >= 15 is 0 Å². The Bertz CT molecular complexity index is 820. The summed E-state index contributed by atoms with van der Waals surface area (Å²) in [6, 6.07) is 15.3. The first-order valence-electron chi connectivity index (χ1n) is 9.52. The Labute approximate surface area is 170 Å². The first-order valence-corrected chi connectivity index (χ1v) is 11.2. The molecule has 29 heavy (non-hydrogen) atoms. The van der Waals surface area contributed by atoms with Crippen LogP contribution in [-0.2, 0) is 14.0 Å². The van der Waals surface area contributed by atoms with Gasteiger partial charge in [-0.05, 0) is 48.7 Å². The SMILES string of the molecule is CCC1(COc2ccc(-c3ccc(OCOC(C)P(=O)(O)O)cc3)cc2)COC1. The lowest BCUT2D eigenvalue weighted by Crippen LogP contribution is -2.46. The molecule has 0 aliphatic carbocycles. The van der Waals surface area contributed by atoms with Crippen molar-refractivity contribution >= 4 is 7.60 Å². The number of hydrogen-bond acceptors (Lipinski definition) is 5. The van der Waals surface area contributed by atoms with Gasteiger partial charge in [-0.25, -0.2) is 0 Å². The van der Waals surface area contributed by atoms with Crippen molar-refractivity contribution in [2.75, 3.05) is 26.6 Å². The van der Waals surface area contributed by atoms with Crippen LogP contribution in [0, 0.1) is 5.41 Å². The number of ether oxygens (including phenoxy) is 4. The summed E-state index contributed by atoms with van der Waals surface area (Å²) in [5, 5.41) is 0. The zero-order valence-corrected chi connectivity index (χ0v) is 17.5. The minimum Gasteiger partial charge on any atom is -0.493 e. The summed E-state index contributed by atoms with van der Waals surface area (Å²) in [4.78, 5) is 18.0. The van der Waals surface area contributed by atoms with Gasteiger partial charge in [0.1, 0.15) is 11.5 Å². The third-order valence-corrected chi connectivity index (χ3v) is 6.26. The van der Waals surface area contributed by atoms with Gasteiger partial charge in [0, 0.05) is 0 Å². The van der Waals surface area contributed by atoms with Crippen molar-refractivity contribution in [1.82, 2.24) is 0 Å². The smallest absolute Gasteiger partial charge is 0.353 e. The molecule has 2 aromatic carbocycles. The maximum atomic E-state index is 11.0. The minimum atomic E-state index is -4.26. The molecule has 158 valence electrons. The Morgan fingerprint density at radius 3 is 1.93 bits per heavy atom. The third kappa shape index (κ3) is 5.81. The first-order chi connectivity index (χ1) is 13.8. The van der Waals surface area contributed by atoms with Gasteiger partial charge in [0.25, 0.3) is 0 Å². The minimum absolute atomic E-state index is 0.154. The molecule has 0 saturated carbocycles. The van der Waals surface area contributed by atoms with Crippen molar-refractivity contribution < 1.29 is 33.3 Å². The molecule has 1 atom stereocenters. The van der Waals surface area contributed by atoms with E-state index in [1.807, 2.05) is 36.4 Å². The van der Waals surface area contributed by atoms with Gasteiger partial charge in [0.05, 0.1) is 25.2 Å². The van der Waals surface area contributed by atoms with E-state index in [9.17, 15) is 4.57 Å². The number of hydrogen-bond donors (Lipinski definition) is 2. The molecule has 3 rings (SSSR count). The number of benzene rings is 2. The zero-order chi connectivity index (χ0) is 20.9. The van der Waals surface area contributed by atoms with Crippen molar-refractivity contribution in [3.8, 4) is 22.6 Å². The molecule has 1 unspecified atom stereocenters. The third-order valence-electron chi connectivity index (χ3n) is 5.16. The molecule has 1 aliphatic heterocycles. The van der Waals surface area contributed by atoms with E-state index in [0.29, 0.717) is 12.4 Å². The maximum Gasteiger partial charge on any atom is 0.353 e. The lowest BCUT2D eigenvalue weighted by Gasteiger charge is -2.40. The van der Waals surface area contributed by atoms with Crippen LogP contribution in [0.2, 0.25) is 0 Å². The van der Waals surface area contributed by atoms with Crippen LogP contribution in [-0.4, -0.2) is 42.2 Å². The van der Waals surface area contributed by atoms with Crippen LogP contribution >= 0.6 is 7.60 Å². The molecule has 7 nitrogen and oxygen atoms in total. The second-order valence-corrected chi connectivity index (χ2v) is 9.21. The molecule has 2 N–H and O–H groups in total. The molecular weight excluding hydrogens is 395 g/mol. The Kier molecular flexibility index (Phi) is 6.98. The maximum absolute atomic E-state index is 11.0. The van der Waals surface area contributed by atoms with Gasteiger partial charge in [-0.2, -0.15) is 0 Å². The lowest BCUT2D eigenvalue weighted by molar-refractivity contribution is -0.133. The fraction of sp³-hybridized carbons (Fsp3) is 0.429. The van der Waals surface area contributed by atoms with Gasteiger partial charge in [0.2, 0.25) is 0 Å². The average Bonchev–Trinajstić information content (AvgIpc) is 2.68. The van der Waals surface area contributed by atoms with Crippen LogP contribution in [0.25, 0.3) is 11.1 Å². The molecule has 2 aromatic rings. The molecule has 0 amide bonds. The second kappa shape index (κ2) is 9.28. The summed E-state index contributed by atoms with van der Waals surface area (Å²) in [5.41, 5.74) is 2.22. The van der Waals surface area contributed by atoms with Gasteiger partial charge >= 0.3 is 7.60 Å². The van der Waals surface area contributed by atoms with E-state index in [0.717, 1.165) is 36.5 Å². The van der Waals surface area contributed by atoms with Gasteiger partial charge < -0.3 is 28.7 Å². The van der Waals surface area contributed by atoms with Gasteiger partial charge in [-0.3, -0.25) is 4.57 Å². The Balaban J connectivity index is 1.51. The summed E-state index contributed by atoms with van der Waals surface area (Å²) < 4.78 is 32.7. The van der Waals surface area contributed by atoms with E-state index in [-0.39, 0.29) is 12.2 Å². The van der Waals surface area contributed by atoms with Gasteiger partial charge in [-0.1, -0.05) is 31.2 Å². The molecule has 0 bridgehead atoms. The molecule has 1 heterocycles.